The van der Waals surface area contributed by atoms with Gasteiger partial charge in [-0.25, -0.2) is 9.56 Å². The third kappa shape index (κ3) is 2.97. The molecule has 0 aromatic heterocycles. The van der Waals surface area contributed by atoms with Crippen LogP contribution in [0.15, 0.2) is 28.7 Å². The first kappa shape index (κ1) is 17.1. The Morgan fingerprint density at radius 2 is 1.78 bits per heavy atom. The average Bonchev–Trinajstić information content (AvgIpc) is 2.47. The van der Waals surface area contributed by atoms with E-state index in [-0.39, 0.29) is 12.4 Å². The number of benzene rings is 2. The highest BCUT2D eigenvalue weighted by Gasteiger charge is 2.15. The Kier molecular flexibility index (Phi) is 4.80. The molecule has 0 fully saturated rings. The van der Waals surface area contributed by atoms with Crippen LogP contribution in [0.4, 0.5) is 11.4 Å². The standard InChI is InChI=1S/C17H20N4O.ClH/c1-4-21(5-2)14-9-15-13(6-10(14)3)20-17-12(19)7-11(18)8-16(17)22-15;/h6-9H,4-5H2,1-3H3,(H3,18,19);1H. The Morgan fingerprint density at radius 1 is 1.09 bits per heavy atom. The number of anilines is 2. The maximum Gasteiger partial charge on any atom is 0.206 e. The van der Waals surface area contributed by atoms with Crippen LogP contribution in [0.3, 0.4) is 0 Å². The van der Waals surface area contributed by atoms with E-state index in [1.165, 1.54) is 10.9 Å². The van der Waals surface area contributed by atoms with Crippen LogP contribution in [0.1, 0.15) is 19.4 Å². The fourth-order valence-corrected chi connectivity index (χ4v) is 2.82. The fourth-order valence-electron chi connectivity index (χ4n) is 2.82. The highest BCUT2D eigenvalue weighted by molar-refractivity contribution is 5.90. The van der Waals surface area contributed by atoms with Gasteiger partial charge < -0.3 is 28.3 Å². The summed E-state index contributed by atoms with van der Waals surface area (Å²) in [5.74, 6) is 0.741. The molecule has 0 bridgehead atoms. The van der Waals surface area contributed by atoms with Gasteiger partial charge in [0.05, 0.1) is 11.8 Å². The first-order valence-corrected chi connectivity index (χ1v) is 7.51. The van der Waals surface area contributed by atoms with Crippen molar-refractivity contribution < 1.29 is 16.8 Å². The summed E-state index contributed by atoms with van der Waals surface area (Å²) in [6, 6.07) is 7.55. The van der Waals surface area contributed by atoms with Gasteiger partial charge in [-0.1, -0.05) is 0 Å². The zero-order valence-corrected chi connectivity index (χ0v) is 14.3. The van der Waals surface area contributed by atoms with Crippen molar-refractivity contribution in [1.82, 2.24) is 9.56 Å². The quantitative estimate of drug-likeness (QED) is 0.366. The normalized spacial score (nSPS) is 10.7. The first-order valence-electron chi connectivity index (χ1n) is 7.51. The Hall–Kier alpha value is -2.27. The van der Waals surface area contributed by atoms with Crippen molar-refractivity contribution in [2.45, 2.75) is 20.8 Å². The number of nitrogens with zero attached hydrogens (tertiary/aromatic N) is 2. The molecule has 23 heavy (non-hydrogen) atoms. The molecule has 4 N–H and O–H groups in total. The summed E-state index contributed by atoms with van der Waals surface area (Å²) in [6.45, 7) is 8.27. The lowest BCUT2D eigenvalue weighted by molar-refractivity contribution is -0.00000526. The highest BCUT2D eigenvalue weighted by atomic mass is 35.5. The van der Waals surface area contributed by atoms with E-state index in [1.54, 1.807) is 12.1 Å². The van der Waals surface area contributed by atoms with Crippen molar-refractivity contribution in [3.8, 4) is 11.5 Å². The summed E-state index contributed by atoms with van der Waals surface area (Å²) in [7, 11) is 0. The van der Waals surface area contributed by atoms with Crippen molar-refractivity contribution in [2.75, 3.05) is 24.6 Å². The van der Waals surface area contributed by atoms with Gasteiger partial charge in [0.25, 0.3) is 0 Å². The second-order valence-corrected chi connectivity index (χ2v) is 5.45. The number of hydrogen-bond donors (Lipinski definition) is 2. The van der Waals surface area contributed by atoms with E-state index < -0.39 is 0 Å². The van der Waals surface area contributed by atoms with Gasteiger partial charge in [-0.05, 0) is 32.9 Å². The molecule has 0 unspecified atom stereocenters. The lowest BCUT2D eigenvalue weighted by Crippen LogP contribution is -3.00. The van der Waals surface area contributed by atoms with Crippen molar-refractivity contribution in [3.63, 3.8) is 0 Å². The number of aryl methyl sites for hydroxylation is 1. The molecule has 0 saturated carbocycles. The minimum absolute atomic E-state index is 0. The van der Waals surface area contributed by atoms with Gasteiger partial charge in [-0.3, -0.25) is 0 Å². The topological polar surface area (TPSA) is 81.1 Å². The molecule has 1 aliphatic carbocycles. The lowest BCUT2D eigenvalue weighted by Gasteiger charge is -2.09. The molecule has 3 rings (SSSR count). The van der Waals surface area contributed by atoms with Gasteiger partial charge in [-0.15, -0.1) is 0 Å². The monoisotopic (exact) mass is 332 g/mol. The maximum atomic E-state index is 6.00. The van der Waals surface area contributed by atoms with Crippen LogP contribution in [0.2, 0.25) is 0 Å². The third-order valence-corrected chi connectivity index (χ3v) is 3.96. The lowest BCUT2D eigenvalue weighted by atomic mass is 10.1. The van der Waals surface area contributed by atoms with Crippen molar-refractivity contribution in [3.05, 3.63) is 35.2 Å². The van der Waals surface area contributed by atoms with Crippen LogP contribution < -0.4 is 33.8 Å². The van der Waals surface area contributed by atoms with Crippen LogP contribution >= 0.6 is 0 Å². The minimum atomic E-state index is 0. The highest BCUT2D eigenvalue weighted by Crippen LogP contribution is 2.29. The molecule has 0 radical (unpaired) electrons. The van der Waals surface area contributed by atoms with E-state index in [9.17, 15) is 0 Å². The second-order valence-electron chi connectivity index (χ2n) is 5.45. The van der Waals surface area contributed by atoms with Gasteiger partial charge in [0.15, 0.2) is 11.3 Å². The maximum absolute atomic E-state index is 6.00. The molecule has 0 saturated heterocycles. The molecule has 0 amide bonds. The molecular formula is C17H21ClN4O. The summed E-state index contributed by atoms with van der Waals surface area (Å²) in [5.41, 5.74) is 16.2. The summed E-state index contributed by atoms with van der Waals surface area (Å²) in [4.78, 5) is 4.64. The van der Waals surface area contributed by atoms with E-state index in [1.807, 2.05) is 12.1 Å². The van der Waals surface area contributed by atoms with Crippen LogP contribution in [0.25, 0.3) is 22.6 Å². The number of halogens is 1. The summed E-state index contributed by atoms with van der Waals surface area (Å²) in [5, 5.41) is 1.17. The summed E-state index contributed by atoms with van der Waals surface area (Å²) < 4.78 is 8.29. The molecule has 1 aromatic carbocycles. The third-order valence-electron chi connectivity index (χ3n) is 3.96. The predicted molar refractivity (Wildman–Crippen MR) is 90.5 cm³/mol. The number of fused-ring (bicyclic) bond motifs is 2. The minimum Gasteiger partial charge on any atom is -1.00 e. The largest absolute Gasteiger partial charge is 1.00 e. The number of aromatic nitrogens is 1. The Labute approximate surface area is 141 Å². The van der Waals surface area contributed by atoms with E-state index in [0.29, 0.717) is 22.5 Å². The van der Waals surface area contributed by atoms with Crippen molar-refractivity contribution in [1.29, 1.82) is 0 Å². The molecule has 2 aliphatic rings. The number of hydrogen-bond acceptors (Lipinski definition) is 4. The van der Waals surface area contributed by atoms with Crippen LogP contribution in [-0.2, 0) is 0 Å². The molecule has 0 atom stereocenters. The van der Waals surface area contributed by atoms with E-state index in [4.69, 9.17) is 15.9 Å². The molecule has 1 aromatic rings. The Morgan fingerprint density at radius 3 is 2.43 bits per heavy atom. The molecule has 122 valence electrons. The fraction of sp³-hybridized carbons (Fsp3) is 0.294. The smallest absolute Gasteiger partial charge is 0.206 e. The second kappa shape index (κ2) is 6.46. The van der Waals surface area contributed by atoms with Crippen molar-refractivity contribution in [2.24, 2.45) is 0 Å². The van der Waals surface area contributed by atoms with Crippen LogP contribution in [0, 0.1) is 6.92 Å². The Balaban J connectivity index is 0.00000192. The Bertz CT molecular complexity index is 895. The number of nitrogens with two attached hydrogens (primary N) is 2. The average molecular weight is 333 g/mol. The van der Waals surface area contributed by atoms with Gasteiger partial charge in [-0.2, -0.15) is 0 Å². The molecule has 6 heteroatoms. The van der Waals surface area contributed by atoms with Gasteiger partial charge in [0.1, 0.15) is 24.3 Å². The SMILES string of the molecule is CC[N+](CC)=c1cc2oc3cc(N)cc(N)c3nc-2cc1C.[Cl-]. The van der Waals surface area contributed by atoms with Crippen LogP contribution in [-0.4, -0.2) is 18.1 Å². The molecule has 1 heterocycles. The van der Waals surface area contributed by atoms with Gasteiger partial charge >= 0.3 is 0 Å². The number of rotatable bonds is 2. The molecule has 1 aliphatic heterocycles. The number of nitrogen functional groups attached to an aromatic ring is 2. The molecular weight excluding hydrogens is 312 g/mol. The van der Waals surface area contributed by atoms with Gasteiger partial charge in [0, 0.05) is 17.3 Å². The summed E-state index contributed by atoms with van der Waals surface area (Å²) >= 11 is 0. The van der Waals surface area contributed by atoms with E-state index >= 15 is 0 Å². The van der Waals surface area contributed by atoms with Crippen molar-refractivity contribution >= 4 is 22.5 Å². The first-order chi connectivity index (χ1) is 10.5. The molecule has 5 nitrogen and oxygen atoms in total. The zero-order valence-electron chi connectivity index (χ0n) is 13.6. The summed E-state index contributed by atoms with van der Waals surface area (Å²) in [6.07, 6.45) is 0. The predicted octanol–water partition coefficient (Wildman–Crippen LogP) is -0.779. The zero-order chi connectivity index (χ0) is 15.9. The van der Waals surface area contributed by atoms with E-state index in [0.717, 1.165) is 24.5 Å². The van der Waals surface area contributed by atoms with E-state index in [2.05, 4.69) is 30.3 Å². The van der Waals surface area contributed by atoms with Crippen LogP contribution in [0.5, 0.6) is 0 Å². The van der Waals surface area contributed by atoms with Gasteiger partial charge in [0.2, 0.25) is 5.36 Å². The molecule has 0 spiro atoms.